The summed E-state index contributed by atoms with van der Waals surface area (Å²) < 4.78 is 0. The maximum Gasteiger partial charge on any atom is 0.234 e. The lowest BCUT2D eigenvalue weighted by molar-refractivity contribution is -0.122. The second-order valence-corrected chi connectivity index (χ2v) is 5.02. The van der Waals surface area contributed by atoms with Crippen LogP contribution in [-0.4, -0.2) is 54.0 Å². The number of benzene rings is 1. The van der Waals surface area contributed by atoms with Crippen molar-refractivity contribution in [3.8, 4) is 0 Å². The number of rotatable bonds is 6. The molecule has 0 spiro atoms. The van der Waals surface area contributed by atoms with E-state index in [0.29, 0.717) is 5.56 Å². The van der Waals surface area contributed by atoms with E-state index in [1.165, 1.54) is 0 Å². The summed E-state index contributed by atoms with van der Waals surface area (Å²) in [7, 11) is 0. The Hall–Kier alpha value is -1.72. The molecule has 1 saturated heterocycles. The number of carbonyl (C=O) groups excluding carboxylic acids is 2. The number of likely N-dealkylation sites (tertiary alicyclic amines) is 1. The van der Waals surface area contributed by atoms with Gasteiger partial charge in [0.15, 0.2) is 5.78 Å². The van der Waals surface area contributed by atoms with Crippen LogP contribution in [0.15, 0.2) is 30.3 Å². The Balaban J connectivity index is 1.76. The first-order valence-corrected chi connectivity index (χ1v) is 6.90. The van der Waals surface area contributed by atoms with Gasteiger partial charge in [-0.25, -0.2) is 0 Å². The molecule has 2 N–H and O–H groups in total. The average molecular weight is 276 g/mol. The lowest BCUT2D eigenvalue weighted by Gasteiger charge is -2.21. The Kier molecular flexibility index (Phi) is 5.26. The summed E-state index contributed by atoms with van der Waals surface area (Å²) in [6.45, 7) is 1.16. The van der Waals surface area contributed by atoms with E-state index in [4.69, 9.17) is 0 Å². The number of ketones is 1. The van der Waals surface area contributed by atoms with Crippen molar-refractivity contribution in [1.82, 2.24) is 10.2 Å². The minimum Gasteiger partial charge on any atom is -0.395 e. The molecule has 1 aliphatic heterocycles. The fraction of sp³-hybridized carbons (Fsp3) is 0.467. The maximum atomic E-state index is 11.8. The van der Waals surface area contributed by atoms with Gasteiger partial charge in [-0.15, -0.1) is 0 Å². The van der Waals surface area contributed by atoms with Gasteiger partial charge in [-0.1, -0.05) is 30.3 Å². The van der Waals surface area contributed by atoms with Crippen LogP contribution in [0.4, 0.5) is 0 Å². The predicted molar refractivity (Wildman–Crippen MR) is 75.5 cm³/mol. The highest BCUT2D eigenvalue weighted by molar-refractivity contribution is 5.99. The Morgan fingerprint density at radius 1 is 1.30 bits per heavy atom. The van der Waals surface area contributed by atoms with Gasteiger partial charge in [-0.3, -0.25) is 14.5 Å². The molecule has 1 aromatic rings. The van der Waals surface area contributed by atoms with E-state index >= 15 is 0 Å². The summed E-state index contributed by atoms with van der Waals surface area (Å²) >= 11 is 0. The van der Waals surface area contributed by atoms with Crippen molar-refractivity contribution in [3.63, 3.8) is 0 Å². The van der Waals surface area contributed by atoms with Gasteiger partial charge in [0.25, 0.3) is 0 Å². The van der Waals surface area contributed by atoms with Crippen molar-refractivity contribution in [2.24, 2.45) is 0 Å². The van der Waals surface area contributed by atoms with E-state index in [1.807, 2.05) is 11.0 Å². The molecule has 1 aliphatic rings. The number of nitrogens with zero attached hydrogens (tertiary/aromatic N) is 1. The van der Waals surface area contributed by atoms with Gasteiger partial charge in [0.2, 0.25) is 5.91 Å². The molecule has 5 nitrogen and oxygen atoms in total. The van der Waals surface area contributed by atoms with Crippen molar-refractivity contribution in [2.45, 2.75) is 18.9 Å². The van der Waals surface area contributed by atoms with Crippen molar-refractivity contribution in [2.75, 3.05) is 26.2 Å². The largest absolute Gasteiger partial charge is 0.395 e. The summed E-state index contributed by atoms with van der Waals surface area (Å²) in [6, 6.07) is 8.98. The van der Waals surface area contributed by atoms with Crippen molar-refractivity contribution in [3.05, 3.63) is 35.9 Å². The van der Waals surface area contributed by atoms with Crippen LogP contribution < -0.4 is 5.32 Å². The normalized spacial score (nSPS) is 18.9. The second kappa shape index (κ2) is 7.17. The number of carbonyl (C=O) groups is 2. The smallest absolute Gasteiger partial charge is 0.234 e. The number of Topliss-reactive ketones (excluding diaryl/α,β-unsaturated/α-hetero) is 1. The SMILES string of the molecule is O=C(CN1CCC[C@@H]1CO)NCC(=O)c1ccccc1. The molecular formula is C15H20N2O3. The predicted octanol–water partition coefficient (Wildman–Crippen LogP) is 0.442. The van der Waals surface area contributed by atoms with Crippen molar-refractivity contribution < 1.29 is 14.7 Å². The average Bonchev–Trinajstić information content (AvgIpc) is 2.92. The summed E-state index contributed by atoms with van der Waals surface area (Å²) in [5.41, 5.74) is 0.599. The summed E-state index contributed by atoms with van der Waals surface area (Å²) in [5.74, 6) is -0.270. The summed E-state index contributed by atoms with van der Waals surface area (Å²) in [4.78, 5) is 25.6. The van der Waals surface area contributed by atoms with E-state index < -0.39 is 0 Å². The van der Waals surface area contributed by atoms with Crippen molar-refractivity contribution >= 4 is 11.7 Å². The molecule has 0 saturated carbocycles. The molecule has 2 rings (SSSR count). The molecule has 0 radical (unpaired) electrons. The molecule has 108 valence electrons. The van der Waals surface area contributed by atoms with E-state index in [9.17, 15) is 14.7 Å². The zero-order chi connectivity index (χ0) is 14.4. The van der Waals surface area contributed by atoms with Crippen LogP contribution in [0.3, 0.4) is 0 Å². The first kappa shape index (κ1) is 14.7. The molecule has 0 aliphatic carbocycles. The van der Waals surface area contributed by atoms with Crippen LogP contribution >= 0.6 is 0 Å². The topological polar surface area (TPSA) is 69.6 Å². The Bertz CT molecular complexity index is 461. The highest BCUT2D eigenvalue weighted by Crippen LogP contribution is 2.15. The fourth-order valence-electron chi connectivity index (χ4n) is 2.46. The van der Waals surface area contributed by atoms with Gasteiger partial charge < -0.3 is 10.4 Å². The van der Waals surface area contributed by atoms with Gasteiger partial charge in [0.1, 0.15) is 0 Å². The number of hydrogen-bond donors (Lipinski definition) is 2. The summed E-state index contributed by atoms with van der Waals surface area (Å²) in [5, 5.41) is 11.8. The molecular weight excluding hydrogens is 256 g/mol. The standard InChI is InChI=1S/C15H20N2O3/c18-11-13-7-4-8-17(13)10-15(20)16-9-14(19)12-5-2-1-3-6-12/h1-3,5-6,13,18H,4,7-11H2,(H,16,20)/t13-/m1/s1. The first-order chi connectivity index (χ1) is 9.70. The van der Waals surface area contributed by atoms with E-state index in [0.717, 1.165) is 19.4 Å². The molecule has 0 bridgehead atoms. The minimum atomic E-state index is -0.172. The lowest BCUT2D eigenvalue weighted by Crippen LogP contribution is -2.42. The third-order valence-electron chi connectivity index (χ3n) is 3.60. The van der Waals surface area contributed by atoms with Crippen LogP contribution in [0.5, 0.6) is 0 Å². The van der Waals surface area contributed by atoms with E-state index in [1.54, 1.807) is 24.3 Å². The fourth-order valence-corrected chi connectivity index (χ4v) is 2.46. The molecule has 1 heterocycles. The van der Waals surface area contributed by atoms with Crippen LogP contribution in [0.2, 0.25) is 0 Å². The maximum absolute atomic E-state index is 11.8. The number of hydrogen-bond acceptors (Lipinski definition) is 4. The van der Waals surface area contributed by atoms with Crippen LogP contribution in [0.1, 0.15) is 23.2 Å². The highest BCUT2D eigenvalue weighted by atomic mass is 16.3. The van der Waals surface area contributed by atoms with Gasteiger partial charge >= 0.3 is 0 Å². The highest BCUT2D eigenvalue weighted by Gasteiger charge is 2.25. The number of aliphatic hydroxyl groups is 1. The number of aliphatic hydroxyl groups excluding tert-OH is 1. The Labute approximate surface area is 118 Å². The number of nitrogens with one attached hydrogen (secondary N) is 1. The zero-order valence-corrected chi connectivity index (χ0v) is 11.4. The molecule has 1 atom stereocenters. The second-order valence-electron chi connectivity index (χ2n) is 5.02. The van der Waals surface area contributed by atoms with Gasteiger partial charge in [-0.2, -0.15) is 0 Å². The molecule has 20 heavy (non-hydrogen) atoms. The first-order valence-electron chi connectivity index (χ1n) is 6.90. The quantitative estimate of drug-likeness (QED) is 0.740. The molecule has 0 unspecified atom stereocenters. The third kappa shape index (κ3) is 3.88. The van der Waals surface area contributed by atoms with Crippen molar-refractivity contribution in [1.29, 1.82) is 0 Å². The summed E-state index contributed by atoms with van der Waals surface area (Å²) in [6.07, 6.45) is 1.92. The zero-order valence-electron chi connectivity index (χ0n) is 11.4. The van der Waals surface area contributed by atoms with Gasteiger partial charge in [0.05, 0.1) is 19.7 Å². The van der Waals surface area contributed by atoms with E-state index in [-0.39, 0.29) is 37.4 Å². The molecule has 5 heteroatoms. The van der Waals surface area contributed by atoms with Crippen LogP contribution in [-0.2, 0) is 4.79 Å². The van der Waals surface area contributed by atoms with Crippen LogP contribution in [0.25, 0.3) is 0 Å². The molecule has 1 amide bonds. The van der Waals surface area contributed by atoms with Crippen LogP contribution in [0, 0.1) is 0 Å². The monoisotopic (exact) mass is 276 g/mol. The molecule has 0 aromatic heterocycles. The molecule has 1 aromatic carbocycles. The Morgan fingerprint density at radius 3 is 2.75 bits per heavy atom. The Morgan fingerprint density at radius 2 is 2.05 bits per heavy atom. The minimum absolute atomic E-state index is 0.0144. The molecule has 1 fully saturated rings. The van der Waals surface area contributed by atoms with E-state index in [2.05, 4.69) is 5.32 Å². The third-order valence-corrected chi connectivity index (χ3v) is 3.60. The van der Waals surface area contributed by atoms with Gasteiger partial charge in [-0.05, 0) is 19.4 Å². The lowest BCUT2D eigenvalue weighted by atomic mass is 10.1. The number of amides is 1. The van der Waals surface area contributed by atoms with Gasteiger partial charge in [0, 0.05) is 11.6 Å².